The summed E-state index contributed by atoms with van der Waals surface area (Å²) in [6.07, 6.45) is -0.198. The summed E-state index contributed by atoms with van der Waals surface area (Å²) < 4.78 is 0. The first-order chi connectivity index (χ1) is 8.09. The van der Waals surface area contributed by atoms with Crippen LogP contribution >= 0.6 is 0 Å². The number of para-hydroxylation sites is 1. The maximum Gasteiger partial charge on any atom is 0.305 e. The Morgan fingerprint density at radius 2 is 2.24 bits per heavy atom. The Kier molecular flexibility index (Phi) is 2.99. The van der Waals surface area contributed by atoms with E-state index >= 15 is 0 Å². The number of carbonyl (C=O) groups is 2. The number of carboxylic acid groups (broad SMARTS) is 1. The van der Waals surface area contributed by atoms with E-state index in [9.17, 15) is 9.59 Å². The molecule has 1 aliphatic rings. The van der Waals surface area contributed by atoms with E-state index in [1.165, 1.54) is 0 Å². The molecule has 1 atom stereocenters. The molecule has 0 spiro atoms. The molecule has 0 fully saturated rings. The van der Waals surface area contributed by atoms with Gasteiger partial charge in [0.15, 0.2) is 0 Å². The van der Waals surface area contributed by atoms with E-state index in [0.717, 1.165) is 11.3 Å². The molecule has 1 aromatic carbocycles. The summed E-state index contributed by atoms with van der Waals surface area (Å²) in [6, 6.07) is 6.94. The van der Waals surface area contributed by atoms with Crippen LogP contribution in [0.3, 0.4) is 0 Å². The van der Waals surface area contributed by atoms with Crippen LogP contribution in [0.25, 0.3) is 0 Å². The maximum absolute atomic E-state index is 11.8. The van der Waals surface area contributed by atoms with Crippen LogP contribution in [-0.2, 0) is 16.1 Å². The molecule has 0 radical (unpaired) electrons. The minimum absolute atomic E-state index is 0.198. The normalized spacial score (nSPS) is 19.2. The van der Waals surface area contributed by atoms with Gasteiger partial charge in [0.25, 0.3) is 0 Å². The standard InChI is InChI=1S/C12H14N2O3/c1-14-9-5-3-2-4-8(9)7-13-12(17)10(14)6-11(15)16/h2-5,10H,6-7H2,1H3,(H,13,17)(H,15,16). The van der Waals surface area contributed by atoms with Gasteiger partial charge in [-0.25, -0.2) is 0 Å². The predicted molar refractivity (Wildman–Crippen MR) is 62.7 cm³/mol. The summed E-state index contributed by atoms with van der Waals surface area (Å²) >= 11 is 0. The number of amides is 1. The van der Waals surface area contributed by atoms with Gasteiger partial charge in [-0.2, -0.15) is 0 Å². The molecule has 90 valence electrons. The van der Waals surface area contributed by atoms with E-state index in [1.54, 1.807) is 11.9 Å². The van der Waals surface area contributed by atoms with Crippen LogP contribution in [0.15, 0.2) is 24.3 Å². The van der Waals surface area contributed by atoms with Crippen molar-refractivity contribution in [1.29, 1.82) is 0 Å². The van der Waals surface area contributed by atoms with Gasteiger partial charge in [0.1, 0.15) is 6.04 Å². The average Bonchev–Trinajstić information content (AvgIpc) is 2.42. The first kappa shape index (κ1) is 11.4. The molecule has 5 nitrogen and oxygen atoms in total. The zero-order valence-corrected chi connectivity index (χ0v) is 9.51. The molecular weight excluding hydrogens is 220 g/mol. The number of carboxylic acids is 1. The van der Waals surface area contributed by atoms with Gasteiger partial charge in [0.05, 0.1) is 6.42 Å². The number of nitrogens with zero attached hydrogens (tertiary/aromatic N) is 1. The smallest absolute Gasteiger partial charge is 0.305 e. The molecule has 1 unspecified atom stereocenters. The Hall–Kier alpha value is -2.04. The minimum atomic E-state index is -0.976. The molecule has 1 amide bonds. The van der Waals surface area contributed by atoms with Gasteiger partial charge >= 0.3 is 5.97 Å². The van der Waals surface area contributed by atoms with E-state index in [2.05, 4.69) is 5.32 Å². The molecule has 1 aromatic rings. The lowest BCUT2D eigenvalue weighted by molar-refractivity contribution is -0.139. The third-order valence-electron chi connectivity index (χ3n) is 2.96. The highest BCUT2D eigenvalue weighted by molar-refractivity contribution is 5.90. The molecule has 0 aliphatic carbocycles. The molecule has 0 saturated heterocycles. The van der Waals surface area contributed by atoms with Crippen LogP contribution in [0.2, 0.25) is 0 Å². The number of nitrogens with one attached hydrogen (secondary N) is 1. The Balaban J connectivity index is 2.36. The molecule has 1 heterocycles. The third kappa shape index (κ3) is 2.22. The van der Waals surface area contributed by atoms with E-state index in [0.29, 0.717) is 6.54 Å². The van der Waals surface area contributed by atoms with Gasteiger partial charge in [-0.15, -0.1) is 0 Å². The number of hydrogen-bond donors (Lipinski definition) is 2. The number of benzene rings is 1. The summed E-state index contributed by atoms with van der Waals surface area (Å²) in [5.41, 5.74) is 1.90. The van der Waals surface area contributed by atoms with Crippen molar-refractivity contribution >= 4 is 17.6 Å². The minimum Gasteiger partial charge on any atom is -0.481 e. The van der Waals surface area contributed by atoms with Crippen LogP contribution in [0.4, 0.5) is 5.69 Å². The second kappa shape index (κ2) is 4.45. The zero-order valence-electron chi connectivity index (χ0n) is 9.51. The highest BCUT2D eigenvalue weighted by Gasteiger charge is 2.29. The Labute approximate surface area is 99.0 Å². The number of fused-ring (bicyclic) bond motifs is 1. The van der Waals surface area contributed by atoms with Crippen LogP contribution in [-0.4, -0.2) is 30.1 Å². The Bertz CT molecular complexity index is 459. The van der Waals surface area contributed by atoms with E-state index < -0.39 is 12.0 Å². The molecule has 0 aromatic heterocycles. The third-order valence-corrected chi connectivity index (χ3v) is 2.96. The summed E-state index contributed by atoms with van der Waals surface area (Å²) in [5.74, 6) is -1.22. The number of carbonyl (C=O) groups excluding carboxylic acids is 1. The first-order valence-corrected chi connectivity index (χ1v) is 5.40. The van der Waals surface area contributed by atoms with Crippen LogP contribution in [0.1, 0.15) is 12.0 Å². The van der Waals surface area contributed by atoms with E-state index in [4.69, 9.17) is 5.11 Å². The van der Waals surface area contributed by atoms with Crippen molar-refractivity contribution in [2.45, 2.75) is 19.0 Å². The second-order valence-corrected chi connectivity index (χ2v) is 4.07. The van der Waals surface area contributed by atoms with Gasteiger partial charge in [0.2, 0.25) is 5.91 Å². The number of likely N-dealkylation sites (N-methyl/N-ethyl adjacent to an activating group) is 1. The van der Waals surface area contributed by atoms with Crippen molar-refractivity contribution in [3.63, 3.8) is 0 Å². The quantitative estimate of drug-likeness (QED) is 0.786. The first-order valence-electron chi connectivity index (χ1n) is 5.40. The monoisotopic (exact) mass is 234 g/mol. The molecule has 2 N–H and O–H groups in total. The second-order valence-electron chi connectivity index (χ2n) is 4.07. The van der Waals surface area contributed by atoms with Crippen molar-refractivity contribution < 1.29 is 14.7 Å². The van der Waals surface area contributed by atoms with Crippen LogP contribution in [0, 0.1) is 0 Å². The van der Waals surface area contributed by atoms with Crippen molar-refractivity contribution in [2.75, 3.05) is 11.9 Å². The average molecular weight is 234 g/mol. The summed E-state index contributed by atoms with van der Waals surface area (Å²) in [6.45, 7) is 0.440. The Morgan fingerprint density at radius 1 is 1.53 bits per heavy atom. The van der Waals surface area contributed by atoms with Gasteiger partial charge in [-0.05, 0) is 11.6 Å². The summed E-state index contributed by atoms with van der Waals surface area (Å²) in [5, 5.41) is 11.6. The van der Waals surface area contributed by atoms with E-state index in [-0.39, 0.29) is 12.3 Å². The SMILES string of the molecule is CN1c2ccccc2CNC(=O)C1CC(=O)O. The van der Waals surface area contributed by atoms with Gasteiger partial charge in [-0.1, -0.05) is 18.2 Å². The summed E-state index contributed by atoms with van der Waals surface area (Å²) in [7, 11) is 1.75. The fraction of sp³-hybridized carbons (Fsp3) is 0.333. The van der Waals surface area contributed by atoms with E-state index in [1.807, 2.05) is 24.3 Å². The fourth-order valence-electron chi connectivity index (χ4n) is 2.04. The highest BCUT2D eigenvalue weighted by atomic mass is 16.4. The predicted octanol–water partition coefficient (Wildman–Crippen LogP) is 0.596. The van der Waals surface area contributed by atoms with Crippen LogP contribution in [0.5, 0.6) is 0 Å². The van der Waals surface area contributed by atoms with Crippen molar-refractivity contribution in [2.24, 2.45) is 0 Å². The zero-order chi connectivity index (χ0) is 12.4. The lowest BCUT2D eigenvalue weighted by Crippen LogP contribution is -2.44. The highest BCUT2D eigenvalue weighted by Crippen LogP contribution is 2.24. The maximum atomic E-state index is 11.8. The van der Waals surface area contributed by atoms with Crippen LogP contribution < -0.4 is 10.2 Å². The largest absolute Gasteiger partial charge is 0.481 e. The van der Waals surface area contributed by atoms with Crippen molar-refractivity contribution in [1.82, 2.24) is 5.32 Å². The van der Waals surface area contributed by atoms with Gasteiger partial charge in [-0.3, -0.25) is 9.59 Å². The number of anilines is 1. The van der Waals surface area contributed by atoms with Gasteiger partial charge < -0.3 is 15.3 Å². The molecule has 0 saturated carbocycles. The number of aliphatic carboxylic acids is 1. The number of rotatable bonds is 2. The van der Waals surface area contributed by atoms with Gasteiger partial charge in [0, 0.05) is 19.3 Å². The molecule has 0 bridgehead atoms. The number of hydrogen-bond acceptors (Lipinski definition) is 3. The molecule has 17 heavy (non-hydrogen) atoms. The topological polar surface area (TPSA) is 69.6 Å². The molecule has 5 heteroatoms. The molecule has 2 rings (SSSR count). The lowest BCUT2D eigenvalue weighted by Gasteiger charge is -2.26. The lowest BCUT2D eigenvalue weighted by atomic mass is 10.1. The molecule has 1 aliphatic heterocycles. The Morgan fingerprint density at radius 3 is 2.94 bits per heavy atom. The molecular formula is C12H14N2O3. The van der Waals surface area contributed by atoms with Crippen molar-refractivity contribution in [3.05, 3.63) is 29.8 Å². The fourth-order valence-corrected chi connectivity index (χ4v) is 2.04. The van der Waals surface area contributed by atoms with Crippen molar-refractivity contribution in [3.8, 4) is 0 Å². The summed E-state index contributed by atoms with van der Waals surface area (Å²) in [4.78, 5) is 24.3.